The molecule has 3 aromatic rings. The molecule has 1 atom stereocenters. The van der Waals surface area contributed by atoms with Crippen LogP contribution in [0.2, 0.25) is 0 Å². The number of fused-ring (bicyclic) bond motifs is 1. The van der Waals surface area contributed by atoms with E-state index in [1.807, 2.05) is 54.4 Å². The third-order valence-corrected chi connectivity index (χ3v) is 5.39. The molecule has 2 heterocycles. The molecular weight excluding hydrogens is 324 g/mol. The molecule has 5 nitrogen and oxygen atoms in total. The quantitative estimate of drug-likeness (QED) is 0.715. The van der Waals surface area contributed by atoms with Gasteiger partial charge in [0.15, 0.2) is 0 Å². The van der Waals surface area contributed by atoms with Crippen LogP contribution in [0.1, 0.15) is 12.5 Å². The summed E-state index contributed by atoms with van der Waals surface area (Å²) in [5.74, 6) is 0.0817. The zero-order valence-electron chi connectivity index (χ0n) is 15.0. The lowest BCUT2D eigenvalue weighted by Crippen LogP contribution is -2.55. The highest BCUT2D eigenvalue weighted by molar-refractivity contribution is 5.92. The maximum absolute atomic E-state index is 13.7. The van der Waals surface area contributed by atoms with Gasteiger partial charge in [-0.2, -0.15) is 0 Å². The molecule has 134 valence electrons. The minimum absolute atomic E-state index is 0.0817. The number of carbonyl (C=O) groups is 1. The number of nitrogens with one attached hydrogen (secondary N) is 1. The first-order chi connectivity index (χ1) is 12.6. The third-order valence-electron chi connectivity index (χ3n) is 5.39. The number of carbonyl (C=O) groups excluding carboxylic acids is 1. The Kier molecular flexibility index (Phi) is 4.17. The van der Waals surface area contributed by atoms with Gasteiger partial charge in [0.2, 0.25) is 0 Å². The molecule has 0 bridgehead atoms. The number of para-hydroxylation sites is 2. The van der Waals surface area contributed by atoms with Gasteiger partial charge in [-0.15, -0.1) is 0 Å². The lowest BCUT2D eigenvalue weighted by Gasteiger charge is -2.39. The Morgan fingerprint density at radius 3 is 2.50 bits per heavy atom. The van der Waals surface area contributed by atoms with Crippen LogP contribution >= 0.6 is 0 Å². The average Bonchev–Trinajstić information content (AvgIpc) is 3.12. The molecule has 0 saturated carbocycles. The lowest BCUT2D eigenvalue weighted by atomic mass is 9.88. The van der Waals surface area contributed by atoms with Gasteiger partial charge >= 0.3 is 0 Å². The standard InChI is InChI=1S/C21H24N4O/c1-21(17-7-3-4-8-18(17)22,20(26)24-14-11-23-12-15-24)25-13-10-16-6-2-5-9-19(16)25/h2-10,13,23H,11-12,14-15,22H2,1H3/t21-/m1/s1. The second-order valence-electron chi connectivity index (χ2n) is 6.95. The Morgan fingerprint density at radius 2 is 1.73 bits per heavy atom. The van der Waals surface area contributed by atoms with E-state index in [-0.39, 0.29) is 5.91 Å². The van der Waals surface area contributed by atoms with Gasteiger partial charge in [-0.25, -0.2) is 0 Å². The Bertz CT molecular complexity index is 942. The van der Waals surface area contributed by atoms with Crippen molar-refractivity contribution in [3.05, 3.63) is 66.4 Å². The molecule has 0 unspecified atom stereocenters. The van der Waals surface area contributed by atoms with Crippen molar-refractivity contribution in [2.24, 2.45) is 0 Å². The van der Waals surface area contributed by atoms with Crippen LogP contribution in [-0.4, -0.2) is 41.6 Å². The lowest BCUT2D eigenvalue weighted by molar-refractivity contribution is -0.138. The van der Waals surface area contributed by atoms with E-state index >= 15 is 0 Å². The molecular formula is C21H24N4O. The first-order valence-electron chi connectivity index (χ1n) is 9.04. The first-order valence-corrected chi connectivity index (χ1v) is 9.04. The van der Waals surface area contributed by atoms with Crippen molar-refractivity contribution in [3.63, 3.8) is 0 Å². The molecule has 0 aliphatic carbocycles. The van der Waals surface area contributed by atoms with E-state index in [1.54, 1.807) is 0 Å². The van der Waals surface area contributed by atoms with Gasteiger partial charge in [-0.1, -0.05) is 36.4 Å². The summed E-state index contributed by atoms with van der Waals surface area (Å²) in [6.45, 7) is 5.03. The van der Waals surface area contributed by atoms with Crippen LogP contribution in [0.3, 0.4) is 0 Å². The molecule has 4 rings (SSSR count). The summed E-state index contributed by atoms with van der Waals surface area (Å²) in [7, 11) is 0. The average molecular weight is 348 g/mol. The van der Waals surface area contributed by atoms with E-state index in [2.05, 4.69) is 28.1 Å². The van der Waals surface area contributed by atoms with Crippen LogP contribution in [0.15, 0.2) is 60.8 Å². The van der Waals surface area contributed by atoms with Crippen molar-refractivity contribution < 1.29 is 4.79 Å². The number of amides is 1. The molecule has 2 aromatic carbocycles. The number of hydrogen-bond acceptors (Lipinski definition) is 3. The van der Waals surface area contributed by atoms with Gasteiger partial charge in [0, 0.05) is 49.1 Å². The van der Waals surface area contributed by atoms with Gasteiger partial charge in [-0.05, 0) is 30.5 Å². The molecule has 1 aromatic heterocycles. The van der Waals surface area contributed by atoms with E-state index in [9.17, 15) is 4.79 Å². The molecule has 1 amide bonds. The normalized spacial score (nSPS) is 17.2. The SMILES string of the molecule is C[C@](C(=O)N1CCNCC1)(c1ccccc1N)n1ccc2ccccc21. The van der Waals surface area contributed by atoms with Crippen LogP contribution in [0.25, 0.3) is 10.9 Å². The van der Waals surface area contributed by atoms with Crippen LogP contribution < -0.4 is 11.1 Å². The monoisotopic (exact) mass is 348 g/mol. The highest BCUT2D eigenvalue weighted by Gasteiger charge is 2.42. The Labute approximate surface area is 153 Å². The molecule has 1 fully saturated rings. The van der Waals surface area contributed by atoms with Crippen LogP contribution in [0.5, 0.6) is 0 Å². The van der Waals surface area contributed by atoms with Crippen molar-refractivity contribution in [2.45, 2.75) is 12.5 Å². The van der Waals surface area contributed by atoms with Gasteiger partial charge < -0.3 is 20.5 Å². The molecule has 1 aliphatic heterocycles. The maximum Gasteiger partial charge on any atom is 0.253 e. The van der Waals surface area contributed by atoms with Crippen molar-refractivity contribution in [3.8, 4) is 0 Å². The van der Waals surface area contributed by atoms with Crippen LogP contribution in [-0.2, 0) is 10.3 Å². The molecule has 0 spiro atoms. The summed E-state index contributed by atoms with van der Waals surface area (Å²) in [5, 5.41) is 4.42. The topological polar surface area (TPSA) is 63.3 Å². The smallest absolute Gasteiger partial charge is 0.253 e. The van der Waals surface area contributed by atoms with Crippen LogP contribution in [0.4, 0.5) is 5.69 Å². The fourth-order valence-electron chi connectivity index (χ4n) is 3.94. The molecule has 1 saturated heterocycles. The largest absolute Gasteiger partial charge is 0.398 e. The summed E-state index contributed by atoms with van der Waals surface area (Å²) in [5.41, 5.74) is 7.93. The molecule has 1 aliphatic rings. The summed E-state index contributed by atoms with van der Waals surface area (Å²) in [4.78, 5) is 15.7. The molecule has 26 heavy (non-hydrogen) atoms. The predicted octanol–water partition coefficient (Wildman–Crippen LogP) is 2.42. The Morgan fingerprint density at radius 1 is 1.04 bits per heavy atom. The number of piperazine rings is 1. The van der Waals surface area contributed by atoms with E-state index in [0.29, 0.717) is 18.8 Å². The zero-order chi connectivity index (χ0) is 18.1. The fraction of sp³-hybridized carbons (Fsp3) is 0.286. The maximum atomic E-state index is 13.7. The third kappa shape index (κ3) is 2.56. The van der Waals surface area contributed by atoms with Crippen molar-refractivity contribution in [1.29, 1.82) is 0 Å². The van der Waals surface area contributed by atoms with Gasteiger partial charge in [-0.3, -0.25) is 4.79 Å². The second-order valence-corrected chi connectivity index (χ2v) is 6.95. The van der Waals surface area contributed by atoms with E-state index in [0.717, 1.165) is 29.6 Å². The van der Waals surface area contributed by atoms with E-state index < -0.39 is 5.54 Å². The van der Waals surface area contributed by atoms with Gasteiger partial charge in [0.25, 0.3) is 5.91 Å². The highest BCUT2D eigenvalue weighted by Crippen LogP contribution is 2.35. The summed E-state index contributed by atoms with van der Waals surface area (Å²) in [6.07, 6.45) is 2.00. The number of nitrogen functional groups attached to an aromatic ring is 1. The minimum atomic E-state index is -0.897. The van der Waals surface area contributed by atoms with Gasteiger partial charge in [0.05, 0.1) is 0 Å². The predicted molar refractivity (Wildman–Crippen MR) is 105 cm³/mol. The zero-order valence-corrected chi connectivity index (χ0v) is 15.0. The number of nitrogens with zero attached hydrogens (tertiary/aromatic N) is 2. The number of nitrogens with two attached hydrogens (primary N) is 1. The number of aromatic nitrogens is 1. The summed E-state index contributed by atoms with van der Waals surface area (Å²) in [6, 6.07) is 17.9. The van der Waals surface area contributed by atoms with E-state index in [4.69, 9.17) is 5.73 Å². The van der Waals surface area contributed by atoms with E-state index in [1.165, 1.54) is 0 Å². The highest BCUT2D eigenvalue weighted by atomic mass is 16.2. The van der Waals surface area contributed by atoms with Gasteiger partial charge in [0.1, 0.15) is 5.54 Å². The minimum Gasteiger partial charge on any atom is -0.398 e. The number of hydrogen-bond donors (Lipinski definition) is 2. The second kappa shape index (κ2) is 6.50. The molecule has 3 N–H and O–H groups in total. The fourth-order valence-corrected chi connectivity index (χ4v) is 3.94. The number of benzene rings is 2. The van der Waals surface area contributed by atoms with Crippen molar-refractivity contribution >= 4 is 22.5 Å². The number of rotatable bonds is 3. The molecule has 0 radical (unpaired) electrons. The Balaban J connectivity index is 1.92. The van der Waals surface area contributed by atoms with Crippen molar-refractivity contribution in [1.82, 2.24) is 14.8 Å². The number of anilines is 1. The first kappa shape index (κ1) is 16.7. The van der Waals surface area contributed by atoms with Crippen molar-refractivity contribution in [2.75, 3.05) is 31.9 Å². The Hall–Kier alpha value is -2.79. The van der Waals surface area contributed by atoms with Crippen LogP contribution in [0, 0.1) is 0 Å². The summed E-state index contributed by atoms with van der Waals surface area (Å²) < 4.78 is 2.07. The molecule has 5 heteroatoms. The summed E-state index contributed by atoms with van der Waals surface area (Å²) >= 11 is 0.